The number of rotatable bonds is 5. The van der Waals surface area contributed by atoms with E-state index in [1.165, 1.54) is 7.11 Å². The van der Waals surface area contributed by atoms with Crippen LogP contribution in [0.25, 0.3) is 0 Å². The number of nitrogens with one attached hydrogen (secondary N) is 2. The van der Waals surface area contributed by atoms with Crippen molar-refractivity contribution in [3.8, 4) is 5.75 Å². The fourth-order valence-electron chi connectivity index (χ4n) is 4.22. The number of aromatic nitrogens is 1. The topological polar surface area (TPSA) is 114 Å². The summed E-state index contributed by atoms with van der Waals surface area (Å²) in [6.07, 6.45) is 8.98. The number of pyridine rings is 1. The number of nitrogens with two attached hydrogens (primary N) is 1. The number of quaternary nitrogens is 1. The second-order valence-corrected chi connectivity index (χ2v) is 7.79. The molecule has 2 aromatic rings. The van der Waals surface area contributed by atoms with E-state index in [1.807, 2.05) is 18.3 Å². The number of hydrogen-bond donors (Lipinski definition) is 3. The first-order chi connectivity index (χ1) is 15.6. The van der Waals surface area contributed by atoms with Crippen LogP contribution in [0, 0.1) is 0 Å². The number of hydrogen-bond acceptors (Lipinski definition) is 7. The Morgan fingerprint density at radius 2 is 2.22 bits per heavy atom. The van der Waals surface area contributed by atoms with E-state index >= 15 is 0 Å². The molecule has 1 amide bonds. The van der Waals surface area contributed by atoms with Crippen molar-refractivity contribution < 1.29 is 14.1 Å². The number of ether oxygens (including phenoxy) is 1. The van der Waals surface area contributed by atoms with Crippen LogP contribution in [0.5, 0.6) is 5.75 Å². The normalized spacial score (nSPS) is 23.8. The molecule has 4 heterocycles. The van der Waals surface area contributed by atoms with E-state index in [0.717, 1.165) is 36.3 Å². The van der Waals surface area contributed by atoms with Crippen molar-refractivity contribution in [2.75, 3.05) is 19.0 Å². The van der Waals surface area contributed by atoms with Crippen LogP contribution >= 0.6 is 0 Å². The van der Waals surface area contributed by atoms with Crippen molar-refractivity contribution in [1.82, 2.24) is 10.3 Å². The van der Waals surface area contributed by atoms with E-state index in [0.29, 0.717) is 23.0 Å². The van der Waals surface area contributed by atoms with E-state index in [9.17, 15) is 4.79 Å². The summed E-state index contributed by atoms with van der Waals surface area (Å²) in [5.41, 5.74) is 2.91. The molecule has 1 saturated heterocycles. The maximum atomic E-state index is 12.8. The van der Waals surface area contributed by atoms with Crippen LogP contribution in [0.15, 0.2) is 76.4 Å². The van der Waals surface area contributed by atoms with E-state index in [4.69, 9.17) is 15.6 Å². The number of methoxy groups -OCH3 is 1. The summed E-state index contributed by atoms with van der Waals surface area (Å²) in [5.74, 6) is 8.04. The maximum absolute atomic E-state index is 12.8. The predicted molar refractivity (Wildman–Crippen MR) is 122 cm³/mol. The van der Waals surface area contributed by atoms with Crippen molar-refractivity contribution >= 4 is 23.8 Å². The quantitative estimate of drug-likeness (QED) is 0.498. The molecule has 0 saturated carbocycles. The van der Waals surface area contributed by atoms with Crippen molar-refractivity contribution in [3.63, 3.8) is 0 Å². The number of fused-ring (bicyclic) bond motifs is 1. The molecule has 4 N–H and O–H groups in total. The minimum atomic E-state index is -0.309. The lowest BCUT2D eigenvalue weighted by Crippen LogP contribution is -2.53. The molecular weight excluding hydrogens is 406 g/mol. The average molecular weight is 430 g/mol. The molecule has 0 radical (unpaired) electrons. The minimum Gasteiger partial charge on any atom is -0.496 e. The zero-order chi connectivity index (χ0) is 22.1. The molecule has 5 rings (SSSR count). The largest absolute Gasteiger partial charge is 0.496 e. The number of aliphatic imine (C=N–C) groups is 2. The molecule has 0 spiro atoms. The van der Waals surface area contributed by atoms with Gasteiger partial charge in [-0.2, -0.15) is 10.8 Å². The Kier molecular flexibility index (Phi) is 5.14. The number of amidine groups is 1. The van der Waals surface area contributed by atoms with Crippen LogP contribution in [0.1, 0.15) is 28.8 Å². The second kappa shape index (κ2) is 8.12. The summed E-state index contributed by atoms with van der Waals surface area (Å²) in [4.78, 5) is 26.2. The van der Waals surface area contributed by atoms with Gasteiger partial charge in [-0.25, -0.2) is 4.98 Å². The Labute approximate surface area is 185 Å². The van der Waals surface area contributed by atoms with Crippen molar-refractivity contribution in [1.29, 1.82) is 0 Å². The third kappa shape index (κ3) is 3.42. The minimum absolute atomic E-state index is 0.0698. The van der Waals surface area contributed by atoms with E-state index in [1.54, 1.807) is 42.9 Å². The van der Waals surface area contributed by atoms with Gasteiger partial charge in [0.05, 0.1) is 36.7 Å². The van der Waals surface area contributed by atoms with Gasteiger partial charge in [-0.05, 0) is 49.7 Å². The summed E-state index contributed by atoms with van der Waals surface area (Å²) < 4.78 is 5.48. The van der Waals surface area contributed by atoms with Crippen LogP contribution in [-0.2, 0) is 0 Å². The molecule has 3 aliphatic rings. The Morgan fingerprint density at radius 1 is 1.31 bits per heavy atom. The fraction of sp³-hybridized carbons (Fsp3) is 0.217. The molecule has 0 aliphatic carbocycles. The van der Waals surface area contributed by atoms with Gasteiger partial charge in [-0.1, -0.05) is 6.07 Å². The summed E-state index contributed by atoms with van der Waals surface area (Å²) in [6.45, 7) is 0.956. The van der Waals surface area contributed by atoms with Crippen LogP contribution in [0.3, 0.4) is 0 Å². The first-order valence-corrected chi connectivity index (χ1v) is 10.5. The fourth-order valence-corrected chi connectivity index (χ4v) is 4.22. The van der Waals surface area contributed by atoms with Gasteiger partial charge in [0.2, 0.25) is 5.70 Å². The number of anilines is 1. The summed E-state index contributed by atoms with van der Waals surface area (Å²) in [7, 11) is 1.53. The highest BCUT2D eigenvalue weighted by atomic mass is 16.5. The molecular formula is C23H24N7O2+. The molecule has 3 aliphatic heterocycles. The van der Waals surface area contributed by atoms with Crippen LogP contribution in [0.2, 0.25) is 0 Å². The number of nitrogens with zero attached hydrogens (tertiary/aromatic N) is 4. The Bertz CT molecular complexity index is 1180. The highest BCUT2D eigenvalue weighted by molar-refractivity contribution is 6.07. The van der Waals surface area contributed by atoms with Gasteiger partial charge in [-0.15, -0.1) is 4.59 Å². The number of allylic oxidation sites excluding steroid dienone is 1. The number of carbonyl (C=O) groups excluding carboxylic acids is 1. The van der Waals surface area contributed by atoms with Gasteiger partial charge < -0.3 is 15.4 Å². The van der Waals surface area contributed by atoms with Crippen molar-refractivity contribution in [2.24, 2.45) is 15.8 Å². The Balaban J connectivity index is 1.50. The molecule has 2 atom stereocenters. The molecule has 1 aromatic heterocycles. The molecule has 9 heteroatoms. The number of amides is 1. The average Bonchev–Trinajstić information content (AvgIpc) is 3.45. The van der Waals surface area contributed by atoms with Gasteiger partial charge in [0.25, 0.3) is 11.7 Å². The molecule has 2 unspecified atom stereocenters. The first-order valence-electron chi connectivity index (χ1n) is 10.5. The number of carbonyl (C=O) groups is 1. The monoisotopic (exact) mass is 430 g/mol. The Hall–Kier alpha value is -3.66. The van der Waals surface area contributed by atoms with E-state index < -0.39 is 0 Å². The predicted octanol–water partition coefficient (Wildman–Crippen LogP) is 2.31. The third-order valence-electron chi connectivity index (χ3n) is 5.82. The molecule has 32 heavy (non-hydrogen) atoms. The zero-order valence-corrected chi connectivity index (χ0v) is 17.7. The lowest BCUT2D eigenvalue weighted by molar-refractivity contribution is -0.750. The van der Waals surface area contributed by atoms with Gasteiger partial charge in [-0.3, -0.25) is 9.79 Å². The van der Waals surface area contributed by atoms with Crippen LogP contribution in [0.4, 0.5) is 5.82 Å². The summed E-state index contributed by atoms with van der Waals surface area (Å²) >= 11 is 0. The maximum Gasteiger partial charge on any atom is 0.265 e. The van der Waals surface area contributed by atoms with Gasteiger partial charge in [0, 0.05) is 6.20 Å². The smallest absolute Gasteiger partial charge is 0.265 e. The number of benzene rings is 1. The van der Waals surface area contributed by atoms with Gasteiger partial charge in [0.1, 0.15) is 23.5 Å². The zero-order valence-electron chi connectivity index (χ0n) is 17.7. The first kappa shape index (κ1) is 20.3. The SMILES string of the molecule is COc1cc(C2=NC(C3CCCN3)=C3C=NC=C[N+]23N)ccc1C(=O)Nc1ccccn1. The van der Waals surface area contributed by atoms with Crippen molar-refractivity contribution in [2.45, 2.75) is 18.9 Å². The summed E-state index contributed by atoms with van der Waals surface area (Å²) in [6, 6.07) is 10.8. The molecule has 9 nitrogen and oxygen atoms in total. The highest BCUT2D eigenvalue weighted by Crippen LogP contribution is 2.35. The standard InChI is InChI=1S/C23H23N7O2/c1-32-19-13-15(7-8-16(19)23(31)28-20-6-2-3-9-27-20)22-29-21(17-5-4-10-26-17)18-14-25-11-12-30(18,22)24/h2-3,6-9,11-14,17,26H,4-5,10,24H2,1H3/p+1. The van der Waals surface area contributed by atoms with Gasteiger partial charge in [0.15, 0.2) is 0 Å². The summed E-state index contributed by atoms with van der Waals surface area (Å²) in [5, 5.41) is 6.28. The Morgan fingerprint density at radius 3 is 2.97 bits per heavy atom. The third-order valence-corrected chi connectivity index (χ3v) is 5.82. The molecule has 162 valence electrons. The van der Waals surface area contributed by atoms with E-state index in [-0.39, 0.29) is 16.5 Å². The van der Waals surface area contributed by atoms with E-state index in [2.05, 4.69) is 20.6 Å². The lowest BCUT2D eigenvalue weighted by atomic mass is 10.1. The lowest BCUT2D eigenvalue weighted by Gasteiger charge is -2.26. The van der Waals surface area contributed by atoms with Crippen molar-refractivity contribution in [3.05, 3.63) is 77.5 Å². The van der Waals surface area contributed by atoms with Gasteiger partial charge >= 0.3 is 0 Å². The highest BCUT2D eigenvalue weighted by Gasteiger charge is 2.46. The molecule has 1 aromatic carbocycles. The van der Waals surface area contributed by atoms with Crippen LogP contribution in [-0.4, -0.2) is 47.2 Å². The molecule has 0 bridgehead atoms. The van der Waals surface area contributed by atoms with Crippen LogP contribution < -0.4 is 21.2 Å². The second-order valence-electron chi connectivity index (χ2n) is 7.79. The molecule has 1 fully saturated rings.